The summed E-state index contributed by atoms with van der Waals surface area (Å²) in [5.41, 5.74) is 7.14. The molecule has 1 aliphatic heterocycles. The van der Waals surface area contributed by atoms with E-state index in [1.165, 1.54) is 0 Å². The van der Waals surface area contributed by atoms with Gasteiger partial charge in [0.05, 0.1) is 5.69 Å². The van der Waals surface area contributed by atoms with Crippen molar-refractivity contribution in [3.05, 3.63) is 41.2 Å². The minimum atomic E-state index is -0.720. The average molecular weight is 441 g/mol. The van der Waals surface area contributed by atoms with Gasteiger partial charge in [-0.2, -0.15) is 0 Å². The van der Waals surface area contributed by atoms with Crippen LogP contribution in [-0.2, 0) is 17.9 Å². The lowest BCUT2D eigenvalue weighted by molar-refractivity contribution is -0.124. The zero-order chi connectivity index (χ0) is 23.6. The molecule has 172 valence electrons. The molecule has 9 nitrogen and oxygen atoms in total. The molecule has 0 saturated heterocycles. The molecule has 0 aliphatic carbocycles. The molecule has 4 N–H and O–H groups in total. The summed E-state index contributed by atoms with van der Waals surface area (Å²) >= 11 is 0. The van der Waals surface area contributed by atoms with Crippen molar-refractivity contribution in [3.8, 4) is 11.4 Å². The van der Waals surface area contributed by atoms with Crippen LogP contribution in [0.2, 0.25) is 0 Å². The fourth-order valence-electron chi connectivity index (χ4n) is 3.95. The maximum absolute atomic E-state index is 13.4. The number of carbonyl (C=O) groups is 3. The van der Waals surface area contributed by atoms with E-state index >= 15 is 0 Å². The van der Waals surface area contributed by atoms with Crippen molar-refractivity contribution >= 4 is 17.7 Å². The van der Waals surface area contributed by atoms with Crippen molar-refractivity contribution in [2.24, 2.45) is 11.1 Å². The van der Waals surface area contributed by atoms with Crippen molar-refractivity contribution in [1.82, 2.24) is 25.1 Å². The highest BCUT2D eigenvalue weighted by Gasteiger charge is 2.34. The summed E-state index contributed by atoms with van der Waals surface area (Å²) in [7, 11) is 3.55. The first-order valence-electron chi connectivity index (χ1n) is 10.7. The smallest absolute Gasteiger partial charge is 0.272 e. The van der Waals surface area contributed by atoms with Gasteiger partial charge in [-0.1, -0.05) is 32.9 Å². The molecule has 9 heteroatoms. The van der Waals surface area contributed by atoms with Crippen molar-refractivity contribution in [2.75, 3.05) is 20.6 Å². The number of fused-ring (bicyclic) bond motifs is 1. The predicted molar refractivity (Wildman–Crippen MR) is 122 cm³/mol. The first-order chi connectivity index (χ1) is 15.0. The van der Waals surface area contributed by atoms with Gasteiger partial charge in [-0.15, -0.1) is 0 Å². The summed E-state index contributed by atoms with van der Waals surface area (Å²) in [6.07, 6.45) is 0.895. The average Bonchev–Trinajstić information content (AvgIpc) is 2.97. The number of rotatable bonds is 5. The molecule has 0 saturated carbocycles. The van der Waals surface area contributed by atoms with Crippen molar-refractivity contribution in [1.29, 1.82) is 0 Å². The summed E-state index contributed by atoms with van der Waals surface area (Å²) in [6.45, 7) is 7.81. The summed E-state index contributed by atoms with van der Waals surface area (Å²) < 4.78 is 2.03. The summed E-state index contributed by atoms with van der Waals surface area (Å²) in [6, 6.07) is 6.22. The topological polar surface area (TPSA) is 122 Å². The zero-order valence-corrected chi connectivity index (χ0v) is 19.4. The molecule has 3 amide bonds. The van der Waals surface area contributed by atoms with Gasteiger partial charge in [0.25, 0.3) is 5.91 Å². The molecule has 32 heavy (non-hydrogen) atoms. The van der Waals surface area contributed by atoms with Gasteiger partial charge in [0.1, 0.15) is 11.9 Å². The number of nitrogens with two attached hydrogens (primary N) is 1. The molecule has 1 aliphatic rings. The Hall–Kier alpha value is -3.20. The highest BCUT2D eigenvalue weighted by Crippen LogP contribution is 2.27. The van der Waals surface area contributed by atoms with Crippen LogP contribution in [0.3, 0.4) is 0 Å². The van der Waals surface area contributed by atoms with E-state index in [2.05, 4.69) is 15.5 Å². The second kappa shape index (κ2) is 9.12. The van der Waals surface area contributed by atoms with E-state index in [1.54, 1.807) is 25.2 Å². The lowest BCUT2D eigenvalue weighted by Gasteiger charge is -2.29. The highest BCUT2D eigenvalue weighted by molar-refractivity contribution is 5.98. The fourth-order valence-corrected chi connectivity index (χ4v) is 3.95. The van der Waals surface area contributed by atoms with E-state index in [0.29, 0.717) is 30.0 Å². The second-order valence-corrected chi connectivity index (χ2v) is 9.31. The number of nitrogens with zero attached hydrogens (tertiary/aromatic N) is 3. The van der Waals surface area contributed by atoms with Gasteiger partial charge in [-0.05, 0) is 37.6 Å². The molecule has 2 heterocycles. The van der Waals surface area contributed by atoms with E-state index in [0.717, 1.165) is 18.7 Å². The van der Waals surface area contributed by atoms with Crippen LogP contribution >= 0.6 is 0 Å². The summed E-state index contributed by atoms with van der Waals surface area (Å²) in [5, 5.41) is 5.51. The number of carbonyl (C=O) groups excluding carboxylic acids is 3. The monoisotopic (exact) mass is 440 g/mol. The predicted octanol–water partition coefficient (Wildman–Crippen LogP) is 1.37. The Morgan fingerprint density at radius 1 is 1.19 bits per heavy atom. The Kier molecular flexibility index (Phi) is 6.68. The van der Waals surface area contributed by atoms with Crippen molar-refractivity contribution in [3.63, 3.8) is 0 Å². The Labute approximate surface area is 188 Å². The number of likely N-dealkylation sites (N-methyl/N-ethyl adjacent to an activating group) is 1. The second-order valence-electron chi connectivity index (χ2n) is 9.31. The Morgan fingerprint density at radius 3 is 2.53 bits per heavy atom. The van der Waals surface area contributed by atoms with E-state index in [1.807, 2.05) is 38.5 Å². The van der Waals surface area contributed by atoms with Gasteiger partial charge in [0, 0.05) is 31.3 Å². The Morgan fingerprint density at radius 2 is 1.91 bits per heavy atom. The van der Waals surface area contributed by atoms with E-state index in [4.69, 9.17) is 10.7 Å². The van der Waals surface area contributed by atoms with Crippen LogP contribution in [0.25, 0.3) is 11.4 Å². The molecule has 0 bridgehead atoms. The highest BCUT2D eigenvalue weighted by atomic mass is 16.2. The lowest BCUT2D eigenvalue weighted by Crippen LogP contribution is -2.53. The molecule has 0 radical (unpaired) electrons. The zero-order valence-electron chi connectivity index (χ0n) is 19.4. The first-order valence-corrected chi connectivity index (χ1v) is 10.7. The van der Waals surface area contributed by atoms with Crippen LogP contribution in [0.4, 0.5) is 0 Å². The number of benzene rings is 1. The fraction of sp³-hybridized carbons (Fsp3) is 0.478. The lowest BCUT2D eigenvalue weighted by atomic mass is 9.86. The van der Waals surface area contributed by atoms with Crippen LogP contribution in [0, 0.1) is 5.41 Å². The quantitative estimate of drug-likeness (QED) is 0.648. The van der Waals surface area contributed by atoms with Gasteiger partial charge in [-0.25, -0.2) is 4.98 Å². The number of hydrogen-bond acceptors (Lipinski definition) is 5. The molecule has 0 spiro atoms. The van der Waals surface area contributed by atoms with Crippen LogP contribution in [0.15, 0.2) is 24.3 Å². The third kappa shape index (κ3) is 4.83. The van der Waals surface area contributed by atoms with Crippen LogP contribution in [-0.4, -0.2) is 58.9 Å². The van der Waals surface area contributed by atoms with Gasteiger partial charge in [0.15, 0.2) is 5.69 Å². The molecule has 1 unspecified atom stereocenters. The van der Waals surface area contributed by atoms with Crippen molar-refractivity contribution in [2.45, 2.75) is 46.3 Å². The normalized spacial score (nSPS) is 15.4. The molecular weight excluding hydrogens is 408 g/mol. The largest absolute Gasteiger partial charge is 0.366 e. The number of aromatic nitrogens is 2. The first kappa shape index (κ1) is 23.5. The SMILES string of the molecule is CNC(=O)C(NC(=O)c1nc(-c2cccc(C(N)=O)c2)n2c1CN(C)CCC2)C(C)(C)C. The minimum absolute atomic E-state index is 0.261. The standard InChI is InChI=1S/C23H32N6O3/c1-23(2,3)18(22(32)25-4)27-21(31)17-16-13-28(5)10-7-11-29(16)20(26-17)15-9-6-8-14(12-15)19(24)30/h6,8-9,12,18H,7,10-11,13H2,1-5H3,(H2,24,30)(H,25,32)(H,27,31). The third-order valence-electron chi connectivity index (χ3n) is 5.68. The maximum atomic E-state index is 13.4. The third-order valence-corrected chi connectivity index (χ3v) is 5.68. The van der Waals surface area contributed by atoms with Crippen LogP contribution in [0.1, 0.15) is 53.7 Å². The van der Waals surface area contributed by atoms with Crippen LogP contribution < -0.4 is 16.4 Å². The van der Waals surface area contributed by atoms with Gasteiger partial charge in [0.2, 0.25) is 11.8 Å². The molecular formula is C23H32N6O3. The van der Waals surface area contributed by atoms with E-state index in [-0.39, 0.29) is 11.6 Å². The Bertz CT molecular complexity index is 1040. The number of nitrogens with one attached hydrogen (secondary N) is 2. The van der Waals surface area contributed by atoms with Gasteiger partial charge < -0.3 is 25.8 Å². The molecule has 0 fully saturated rings. The van der Waals surface area contributed by atoms with Gasteiger partial charge in [-0.3, -0.25) is 14.4 Å². The molecule has 1 atom stereocenters. The number of primary amides is 1. The maximum Gasteiger partial charge on any atom is 0.272 e. The number of imidazole rings is 1. The molecule has 1 aromatic carbocycles. The summed E-state index contributed by atoms with van der Waals surface area (Å²) in [4.78, 5) is 44.3. The van der Waals surface area contributed by atoms with E-state index < -0.39 is 23.3 Å². The minimum Gasteiger partial charge on any atom is -0.366 e. The van der Waals surface area contributed by atoms with Crippen LogP contribution in [0.5, 0.6) is 0 Å². The number of hydrogen-bond donors (Lipinski definition) is 3. The molecule has 1 aromatic heterocycles. The summed E-state index contributed by atoms with van der Waals surface area (Å²) in [5.74, 6) is -0.575. The molecule has 2 aromatic rings. The van der Waals surface area contributed by atoms with Gasteiger partial charge >= 0.3 is 0 Å². The van der Waals surface area contributed by atoms with Crippen molar-refractivity contribution < 1.29 is 14.4 Å². The Balaban J connectivity index is 2.08. The number of amides is 3. The molecule has 3 rings (SSSR count). The van der Waals surface area contributed by atoms with E-state index in [9.17, 15) is 14.4 Å².